The minimum atomic E-state index is -1.32. The molecule has 0 radical (unpaired) electrons. The summed E-state index contributed by atoms with van der Waals surface area (Å²) in [5, 5.41) is 0.474. The highest BCUT2D eigenvalue weighted by molar-refractivity contribution is 6.32. The molecule has 5 rings (SSSR count). The lowest BCUT2D eigenvalue weighted by molar-refractivity contribution is -0.115. The van der Waals surface area contributed by atoms with E-state index >= 15 is 0 Å². The Kier molecular flexibility index (Phi) is 6.69. The first-order valence-electron chi connectivity index (χ1n) is 12.0. The fraction of sp³-hybridized carbons (Fsp3) is 0.286. The molecule has 2 aliphatic heterocycles. The van der Waals surface area contributed by atoms with Crippen LogP contribution in [0.4, 0.5) is 10.2 Å². The Morgan fingerprint density at radius 2 is 2.03 bits per heavy atom. The predicted octanol–water partition coefficient (Wildman–Crippen LogP) is 4.93. The molecule has 1 atom stereocenters. The summed E-state index contributed by atoms with van der Waals surface area (Å²) in [6, 6.07) is 10.7. The molecule has 0 saturated carbocycles. The number of anilines is 1. The molecule has 1 amide bonds. The van der Waals surface area contributed by atoms with Crippen molar-refractivity contribution in [3.63, 3.8) is 0 Å². The highest BCUT2D eigenvalue weighted by atomic mass is 35.5. The molecular formula is C28H26ClFN4O3. The second-order valence-corrected chi connectivity index (χ2v) is 10.2. The number of nitrogen functional groups attached to an aromatic ring is 1. The lowest BCUT2D eigenvalue weighted by atomic mass is 9.98. The summed E-state index contributed by atoms with van der Waals surface area (Å²) in [5.41, 5.74) is 7.91. The van der Waals surface area contributed by atoms with Crippen LogP contribution in [-0.4, -0.2) is 51.4 Å². The molecule has 7 nitrogen and oxygen atoms in total. The molecular weight excluding hydrogens is 495 g/mol. The van der Waals surface area contributed by atoms with E-state index in [0.717, 1.165) is 16.7 Å². The number of alkyl halides is 1. The first-order valence-corrected chi connectivity index (χ1v) is 12.4. The molecule has 9 heteroatoms. The minimum Gasteiger partial charge on any atom is -0.488 e. The summed E-state index contributed by atoms with van der Waals surface area (Å²) >= 11 is 6.52. The number of aromatic nitrogens is 2. The second-order valence-electron chi connectivity index (χ2n) is 9.75. The van der Waals surface area contributed by atoms with Gasteiger partial charge in [0.1, 0.15) is 23.3 Å². The Hall–Kier alpha value is -3.78. The van der Waals surface area contributed by atoms with Gasteiger partial charge in [-0.1, -0.05) is 11.6 Å². The van der Waals surface area contributed by atoms with Crippen molar-refractivity contribution in [2.45, 2.75) is 38.0 Å². The van der Waals surface area contributed by atoms with Crippen LogP contribution in [0.3, 0.4) is 0 Å². The molecule has 1 saturated heterocycles. The average Bonchev–Trinajstić information content (AvgIpc) is 3.29. The van der Waals surface area contributed by atoms with Gasteiger partial charge in [-0.3, -0.25) is 14.6 Å². The Labute approximate surface area is 219 Å². The third-order valence-electron chi connectivity index (χ3n) is 6.47. The Morgan fingerprint density at radius 3 is 2.70 bits per heavy atom. The zero-order chi connectivity index (χ0) is 26.2. The number of ether oxygens (including phenoxy) is 1. The second kappa shape index (κ2) is 9.94. The Morgan fingerprint density at radius 1 is 1.22 bits per heavy atom. The van der Waals surface area contributed by atoms with Crippen molar-refractivity contribution in [3.8, 4) is 17.0 Å². The summed E-state index contributed by atoms with van der Waals surface area (Å²) in [6.07, 6.45) is 7.77. The normalized spacial score (nSPS) is 17.8. The highest BCUT2D eigenvalue weighted by Crippen LogP contribution is 2.40. The lowest BCUT2D eigenvalue weighted by Crippen LogP contribution is -2.59. The molecule has 37 heavy (non-hydrogen) atoms. The van der Waals surface area contributed by atoms with Crippen LogP contribution in [0.25, 0.3) is 17.3 Å². The molecule has 2 aliphatic rings. The number of nitrogens with zero attached hydrogens (tertiary/aromatic N) is 3. The van der Waals surface area contributed by atoms with E-state index in [9.17, 15) is 14.0 Å². The highest BCUT2D eigenvalue weighted by Gasteiger charge is 2.41. The SMILES string of the molecule is CC1(F)CN(C(=O)c2ccc(-c3cc(Cl)c4c(c3)CC(CCC(=O)/C=C/c3ccc(N)nc3)O4)nc2)C1. The van der Waals surface area contributed by atoms with Crippen LogP contribution in [0.1, 0.15) is 41.3 Å². The van der Waals surface area contributed by atoms with Gasteiger partial charge in [0.15, 0.2) is 5.78 Å². The number of hydrogen-bond acceptors (Lipinski definition) is 6. The molecule has 0 aliphatic carbocycles. The number of likely N-dealkylation sites (tertiary alicyclic amines) is 1. The average molecular weight is 521 g/mol. The maximum Gasteiger partial charge on any atom is 0.255 e. The van der Waals surface area contributed by atoms with Gasteiger partial charge >= 0.3 is 0 Å². The standard InChI is InChI=1S/C28H26ClFN4O3/c1-28(30)15-34(16-28)27(36)18-4-8-24(32-14-18)19-10-20-11-22(37-26(20)23(29)12-19)7-6-21(35)5-2-17-3-9-25(31)33-13-17/h2-5,8-10,12-14,22H,6-7,11,15-16H2,1H3,(H2,31,33)/b5-2+. The first kappa shape index (κ1) is 24.9. The monoisotopic (exact) mass is 520 g/mol. The number of fused-ring (bicyclic) bond motifs is 1. The summed E-state index contributed by atoms with van der Waals surface area (Å²) in [6.45, 7) is 1.67. The maximum atomic E-state index is 13.7. The summed E-state index contributed by atoms with van der Waals surface area (Å²) in [5.74, 6) is 0.828. The Bertz CT molecular complexity index is 1370. The minimum absolute atomic E-state index is 0.00336. The molecule has 2 N–H and O–H groups in total. The molecule has 4 heterocycles. The third kappa shape index (κ3) is 5.64. The smallest absolute Gasteiger partial charge is 0.255 e. The molecule has 0 bridgehead atoms. The van der Waals surface area contributed by atoms with Gasteiger partial charge in [0.25, 0.3) is 5.91 Å². The largest absolute Gasteiger partial charge is 0.488 e. The number of rotatable bonds is 7. The van der Waals surface area contributed by atoms with E-state index in [1.807, 2.05) is 6.07 Å². The zero-order valence-electron chi connectivity index (χ0n) is 20.3. The number of carbonyl (C=O) groups is 2. The molecule has 1 fully saturated rings. The molecule has 2 aromatic heterocycles. The van der Waals surface area contributed by atoms with Crippen molar-refractivity contribution < 1.29 is 18.7 Å². The van der Waals surface area contributed by atoms with Crippen molar-refractivity contribution in [2.24, 2.45) is 0 Å². The molecule has 0 spiro atoms. The van der Waals surface area contributed by atoms with Gasteiger partial charge in [0.2, 0.25) is 0 Å². The molecule has 190 valence electrons. The summed E-state index contributed by atoms with van der Waals surface area (Å²) in [7, 11) is 0. The number of hydrogen-bond donors (Lipinski definition) is 1. The number of halogens is 2. The lowest BCUT2D eigenvalue weighted by Gasteiger charge is -2.42. The van der Waals surface area contributed by atoms with E-state index in [4.69, 9.17) is 22.1 Å². The maximum absolute atomic E-state index is 13.7. The summed E-state index contributed by atoms with van der Waals surface area (Å²) in [4.78, 5) is 34.7. The van der Waals surface area contributed by atoms with Crippen LogP contribution in [0.5, 0.6) is 5.75 Å². The quantitative estimate of drug-likeness (QED) is 0.443. The fourth-order valence-corrected chi connectivity index (χ4v) is 4.84. The Balaban J connectivity index is 1.19. The van der Waals surface area contributed by atoms with Crippen molar-refractivity contribution >= 4 is 35.2 Å². The number of amides is 1. The number of benzene rings is 1. The van der Waals surface area contributed by atoms with Crippen LogP contribution in [0.2, 0.25) is 5.02 Å². The van der Waals surface area contributed by atoms with Gasteiger partial charge < -0.3 is 15.4 Å². The number of allylic oxidation sites excluding steroid dienone is 1. The van der Waals surface area contributed by atoms with Crippen molar-refractivity contribution in [1.82, 2.24) is 14.9 Å². The van der Waals surface area contributed by atoms with Crippen molar-refractivity contribution in [2.75, 3.05) is 18.8 Å². The van der Waals surface area contributed by atoms with Crippen LogP contribution in [-0.2, 0) is 11.2 Å². The van der Waals surface area contributed by atoms with Crippen LogP contribution in [0, 0.1) is 0 Å². The number of carbonyl (C=O) groups excluding carboxylic acids is 2. The van der Waals surface area contributed by atoms with Gasteiger partial charge in [0, 0.05) is 36.4 Å². The predicted molar refractivity (Wildman–Crippen MR) is 140 cm³/mol. The van der Waals surface area contributed by atoms with Crippen molar-refractivity contribution in [3.05, 3.63) is 76.6 Å². The van der Waals surface area contributed by atoms with Gasteiger partial charge in [0.05, 0.1) is 29.4 Å². The van der Waals surface area contributed by atoms with E-state index in [-0.39, 0.29) is 30.9 Å². The fourth-order valence-electron chi connectivity index (χ4n) is 4.55. The van der Waals surface area contributed by atoms with E-state index in [2.05, 4.69) is 9.97 Å². The van der Waals surface area contributed by atoms with Crippen molar-refractivity contribution in [1.29, 1.82) is 0 Å². The van der Waals surface area contributed by atoms with Gasteiger partial charge in [-0.25, -0.2) is 9.37 Å². The first-order chi connectivity index (χ1) is 17.7. The van der Waals surface area contributed by atoms with Gasteiger partial charge in [-0.2, -0.15) is 0 Å². The van der Waals surface area contributed by atoms with Gasteiger partial charge in [-0.15, -0.1) is 0 Å². The number of nitrogens with two attached hydrogens (primary N) is 1. The summed E-state index contributed by atoms with van der Waals surface area (Å²) < 4.78 is 19.8. The van der Waals surface area contributed by atoms with Crippen LogP contribution in [0.15, 0.2) is 54.9 Å². The van der Waals surface area contributed by atoms with E-state index in [1.54, 1.807) is 48.7 Å². The number of ketones is 1. The van der Waals surface area contributed by atoms with Crippen LogP contribution >= 0.6 is 11.6 Å². The molecule has 1 aromatic carbocycles. The van der Waals surface area contributed by atoms with E-state index in [1.165, 1.54) is 18.0 Å². The molecule has 1 unspecified atom stereocenters. The van der Waals surface area contributed by atoms with Crippen LogP contribution < -0.4 is 10.5 Å². The number of pyridine rings is 2. The molecule has 3 aromatic rings. The van der Waals surface area contributed by atoms with Gasteiger partial charge in [-0.05, 0) is 67.5 Å². The zero-order valence-corrected chi connectivity index (χ0v) is 21.0. The topological polar surface area (TPSA) is 98.4 Å². The van der Waals surface area contributed by atoms with E-state index < -0.39 is 5.67 Å². The third-order valence-corrected chi connectivity index (χ3v) is 6.75. The van der Waals surface area contributed by atoms with E-state index in [0.29, 0.717) is 47.1 Å².